The minimum Gasteiger partial charge on any atom is -0.475 e. The summed E-state index contributed by atoms with van der Waals surface area (Å²) in [5, 5.41) is 4.01. The molecule has 2 aromatic heterocycles. The lowest BCUT2D eigenvalue weighted by atomic mass is 10.0. The van der Waals surface area contributed by atoms with E-state index < -0.39 is 0 Å². The van der Waals surface area contributed by atoms with Gasteiger partial charge in [0, 0.05) is 29.8 Å². The van der Waals surface area contributed by atoms with Gasteiger partial charge in [0.05, 0.1) is 18.8 Å². The van der Waals surface area contributed by atoms with Crippen molar-refractivity contribution in [1.82, 2.24) is 10.3 Å². The van der Waals surface area contributed by atoms with E-state index in [0.717, 1.165) is 34.9 Å². The second kappa shape index (κ2) is 7.43. The first-order valence-electron chi connectivity index (χ1n) is 9.48. The zero-order valence-electron chi connectivity index (χ0n) is 15.7. The number of nitrogens with one attached hydrogen (secondary N) is 1. The molecular formula is C22H24N2O3. The molecule has 4 rings (SSSR count). The minimum absolute atomic E-state index is 0.0271. The van der Waals surface area contributed by atoms with Crippen molar-refractivity contribution < 1.29 is 13.9 Å². The van der Waals surface area contributed by atoms with Crippen molar-refractivity contribution in [3.05, 3.63) is 59.0 Å². The number of ether oxygens (including phenoxy) is 1. The van der Waals surface area contributed by atoms with Crippen LogP contribution in [0.5, 0.6) is 5.88 Å². The summed E-state index contributed by atoms with van der Waals surface area (Å²) in [6.07, 6.45) is 7.28. The van der Waals surface area contributed by atoms with Crippen molar-refractivity contribution in [2.45, 2.75) is 52.2 Å². The average Bonchev–Trinajstić information content (AvgIpc) is 3.25. The van der Waals surface area contributed by atoms with Crippen LogP contribution >= 0.6 is 0 Å². The molecular weight excluding hydrogens is 340 g/mol. The Bertz CT molecular complexity index is 958. The van der Waals surface area contributed by atoms with Gasteiger partial charge in [0.25, 0.3) is 0 Å². The number of aromatic nitrogens is 1. The highest BCUT2D eigenvalue weighted by atomic mass is 16.5. The van der Waals surface area contributed by atoms with Gasteiger partial charge in [-0.3, -0.25) is 4.79 Å². The lowest BCUT2D eigenvalue weighted by molar-refractivity contribution is -0.120. The number of benzene rings is 1. The second-order valence-corrected chi connectivity index (χ2v) is 7.36. The van der Waals surface area contributed by atoms with Gasteiger partial charge in [0.2, 0.25) is 11.8 Å². The standard InChI is InChI=1S/C22H24N2O3/c1-14(2)27-22-7-6-15(12-24-22)11-23-21(25)10-18-13-26-20-9-17-5-3-4-16(17)8-19(18)20/h6-9,12-14H,3-5,10-11H2,1-2H3,(H,23,25). The number of carbonyl (C=O) groups excluding carboxylic acids is 1. The van der Waals surface area contributed by atoms with E-state index >= 15 is 0 Å². The number of furan rings is 1. The highest BCUT2D eigenvalue weighted by Crippen LogP contribution is 2.30. The Balaban J connectivity index is 1.37. The van der Waals surface area contributed by atoms with Crippen molar-refractivity contribution in [1.29, 1.82) is 0 Å². The number of nitrogens with zero attached hydrogens (tertiary/aromatic N) is 1. The second-order valence-electron chi connectivity index (χ2n) is 7.36. The molecule has 0 aliphatic heterocycles. The lowest BCUT2D eigenvalue weighted by Gasteiger charge is -2.09. The Hall–Kier alpha value is -2.82. The molecule has 2 heterocycles. The first-order chi connectivity index (χ1) is 13.1. The van der Waals surface area contributed by atoms with Crippen LogP contribution in [-0.2, 0) is 30.6 Å². The van der Waals surface area contributed by atoms with E-state index in [9.17, 15) is 4.79 Å². The van der Waals surface area contributed by atoms with Crippen LogP contribution in [0.4, 0.5) is 0 Å². The maximum absolute atomic E-state index is 12.4. The number of carbonyl (C=O) groups is 1. The van der Waals surface area contributed by atoms with Gasteiger partial charge in [-0.15, -0.1) is 0 Å². The minimum atomic E-state index is -0.0271. The van der Waals surface area contributed by atoms with E-state index in [1.54, 1.807) is 12.5 Å². The molecule has 0 bridgehead atoms. The molecule has 5 heteroatoms. The topological polar surface area (TPSA) is 64.4 Å². The summed E-state index contributed by atoms with van der Waals surface area (Å²) in [5.74, 6) is 0.568. The molecule has 140 valence electrons. The average molecular weight is 364 g/mol. The van der Waals surface area contributed by atoms with E-state index in [0.29, 0.717) is 18.8 Å². The zero-order valence-corrected chi connectivity index (χ0v) is 15.7. The Kier molecular flexibility index (Phi) is 4.84. The number of hydrogen-bond donors (Lipinski definition) is 1. The third-order valence-electron chi connectivity index (χ3n) is 4.86. The Labute approximate surface area is 158 Å². The van der Waals surface area contributed by atoms with Crippen LogP contribution in [0.1, 0.15) is 42.5 Å². The van der Waals surface area contributed by atoms with Gasteiger partial charge in [-0.1, -0.05) is 6.07 Å². The third kappa shape index (κ3) is 3.97. The van der Waals surface area contributed by atoms with E-state index in [1.807, 2.05) is 26.0 Å². The molecule has 0 spiro atoms. The smallest absolute Gasteiger partial charge is 0.224 e. The van der Waals surface area contributed by atoms with Crippen molar-refractivity contribution in [2.75, 3.05) is 0 Å². The number of amides is 1. The first-order valence-corrected chi connectivity index (χ1v) is 9.48. The number of pyridine rings is 1. The molecule has 27 heavy (non-hydrogen) atoms. The van der Waals surface area contributed by atoms with E-state index in [4.69, 9.17) is 9.15 Å². The molecule has 1 aliphatic carbocycles. The monoisotopic (exact) mass is 364 g/mol. The molecule has 1 amide bonds. The summed E-state index contributed by atoms with van der Waals surface area (Å²) in [4.78, 5) is 16.6. The molecule has 0 atom stereocenters. The normalized spacial score (nSPS) is 13.1. The molecule has 0 radical (unpaired) electrons. The van der Waals surface area contributed by atoms with Gasteiger partial charge in [0.15, 0.2) is 0 Å². The van der Waals surface area contributed by atoms with Crippen molar-refractivity contribution in [3.8, 4) is 5.88 Å². The van der Waals surface area contributed by atoms with Crippen LogP contribution in [0.15, 0.2) is 41.1 Å². The summed E-state index contributed by atoms with van der Waals surface area (Å²) >= 11 is 0. The predicted molar refractivity (Wildman–Crippen MR) is 104 cm³/mol. The quantitative estimate of drug-likeness (QED) is 0.719. The molecule has 1 aromatic carbocycles. The number of hydrogen-bond acceptors (Lipinski definition) is 4. The maximum atomic E-state index is 12.4. The lowest BCUT2D eigenvalue weighted by Crippen LogP contribution is -2.24. The van der Waals surface area contributed by atoms with Crippen LogP contribution in [0.3, 0.4) is 0 Å². The van der Waals surface area contributed by atoms with Crippen LogP contribution in [-0.4, -0.2) is 17.0 Å². The molecule has 0 saturated carbocycles. The number of rotatable bonds is 6. The summed E-state index contributed by atoms with van der Waals surface area (Å²) in [7, 11) is 0. The van der Waals surface area contributed by atoms with E-state index in [2.05, 4.69) is 22.4 Å². The first kappa shape index (κ1) is 17.6. The molecule has 0 fully saturated rings. The summed E-state index contributed by atoms with van der Waals surface area (Å²) in [6.45, 7) is 4.37. The van der Waals surface area contributed by atoms with E-state index in [1.165, 1.54) is 17.5 Å². The molecule has 5 nitrogen and oxygen atoms in total. The largest absolute Gasteiger partial charge is 0.475 e. The fourth-order valence-corrected chi connectivity index (χ4v) is 3.55. The van der Waals surface area contributed by atoms with Crippen LogP contribution in [0.2, 0.25) is 0 Å². The number of aryl methyl sites for hydroxylation is 2. The van der Waals surface area contributed by atoms with Gasteiger partial charge < -0.3 is 14.5 Å². The number of fused-ring (bicyclic) bond motifs is 2. The molecule has 1 aliphatic rings. The molecule has 0 unspecified atom stereocenters. The Morgan fingerprint density at radius 3 is 2.81 bits per heavy atom. The van der Waals surface area contributed by atoms with Gasteiger partial charge in [-0.2, -0.15) is 0 Å². The zero-order chi connectivity index (χ0) is 18.8. The maximum Gasteiger partial charge on any atom is 0.224 e. The predicted octanol–water partition coefficient (Wildman–Crippen LogP) is 3.96. The third-order valence-corrected chi connectivity index (χ3v) is 4.86. The Morgan fingerprint density at radius 1 is 1.26 bits per heavy atom. The van der Waals surface area contributed by atoms with Gasteiger partial charge in [-0.05, 0) is 61.9 Å². The SMILES string of the molecule is CC(C)Oc1ccc(CNC(=O)Cc2coc3cc4c(cc23)CCC4)cn1. The Morgan fingerprint density at radius 2 is 2.07 bits per heavy atom. The highest BCUT2D eigenvalue weighted by molar-refractivity contribution is 5.88. The van der Waals surface area contributed by atoms with Crippen molar-refractivity contribution in [2.24, 2.45) is 0 Å². The molecule has 0 saturated heterocycles. The fourth-order valence-electron chi connectivity index (χ4n) is 3.55. The van der Waals surface area contributed by atoms with Crippen LogP contribution in [0, 0.1) is 0 Å². The van der Waals surface area contributed by atoms with Crippen molar-refractivity contribution >= 4 is 16.9 Å². The fraction of sp³-hybridized carbons (Fsp3) is 0.364. The van der Waals surface area contributed by atoms with E-state index in [-0.39, 0.29) is 12.0 Å². The summed E-state index contributed by atoms with van der Waals surface area (Å²) < 4.78 is 11.2. The summed E-state index contributed by atoms with van der Waals surface area (Å²) in [5.41, 5.74) is 5.53. The molecule has 3 aromatic rings. The highest BCUT2D eigenvalue weighted by Gasteiger charge is 2.16. The summed E-state index contributed by atoms with van der Waals surface area (Å²) in [6, 6.07) is 8.07. The molecule has 1 N–H and O–H groups in total. The van der Waals surface area contributed by atoms with Crippen molar-refractivity contribution in [3.63, 3.8) is 0 Å². The van der Waals surface area contributed by atoms with Crippen LogP contribution < -0.4 is 10.1 Å². The van der Waals surface area contributed by atoms with Gasteiger partial charge in [-0.25, -0.2) is 4.98 Å². The van der Waals surface area contributed by atoms with Crippen LogP contribution in [0.25, 0.3) is 11.0 Å². The van der Waals surface area contributed by atoms with Gasteiger partial charge in [0.1, 0.15) is 5.58 Å². The van der Waals surface area contributed by atoms with Gasteiger partial charge >= 0.3 is 0 Å².